The predicted molar refractivity (Wildman–Crippen MR) is 117 cm³/mol. The Hall–Kier alpha value is 0.160. The number of unbranched alkanes of at least 4 members (excludes halogenated alkanes) is 1. The molecule has 5 heteroatoms. The standard InChI is InChI=1S/C20H41NO2S2/c1-6-10-12-17(8-3)15-23-19(11-7-2)18(9-4)14-21(20(24)25)13-16(5)22/h16-19,22H,6-15H2,1-5H3,(H,24,25). The van der Waals surface area contributed by atoms with Gasteiger partial charge in [0.2, 0.25) is 0 Å². The Morgan fingerprint density at radius 1 is 1.08 bits per heavy atom. The number of rotatable bonds is 15. The fraction of sp³-hybridized carbons (Fsp3) is 0.950. The number of ether oxygens (including phenoxy) is 1. The summed E-state index contributed by atoms with van der Waals surface area (Å²) in [4.78, 5) is 2.01. The first kappa shape index (κ1) is 25.2. The normalized spacial score (nSPS) is 16.3. The highest BCUT2D eigenvalue weighted by molar-refractivity contribution is 8.10. The Bertz CT molecular complexity index is 340. The summed E-state index contributed by atoms with van der Waals surface area (Å²) >= 11 is 9.61. The van der Waals surface area contributed by atoms with Crippen LogP contribution in [0.1, 0.15) is 79.6 Å². The second-order valence-corrected chi connectivity index (χ2v) is 8.39. The summed E-state index contributed by atoms with van der Waals surface area (Å²) in [6.45, 7) is 12.9. The Kier molecular flexibility index (Phi) is 15.3. The number of thiol groups is 1. The smallest absolute Gasteiger partial charge is 0.133 e. The Labute approximate surface area is 167 Å². The van der Waals surface area contributed by atoms with E-state index < -0.39 is 6.10 Å². The molecule has 0 saturated carbocycles. The topological polar surface area (TPSA) is 32.7 Å². The number of hydrogen-bond donors (Lipinski definition) is 2. The van der Waals surface area contributed by atoms with E-state index in [0.29, 0.717) is 22.7 Å². The fourth-order valence-electron chi connectivity index (χ4n) is 3.24. The molecule has 0 amide bonds. The van der Waals surface area contributed by atoms with E-state index in [1.54, 1.807) is 6.92 Å². The van der Waals surface area contributed by atoms with E-state index in [9.17, 15) is 5.11 Å². The molecule has 0 fully saturated rings. The van der Waals surface area contributed by atoms with Crippen molar-refractivity contribution in [3.63, 3.8) is 0 Å². The van der Waals surface area contributed by atoms with Gasteiger partial charge in [0.15, 0.2) is 0 Å². The van der Waals surface area contributed by atoms with Crippen molar-refractivity contribution in [2.75, 3.05) is 19.7 Å². The number of nitrogens with zero attached hydrogens (tertiary/aromatic N) is 1. The maximum Gasteiger partial charge on any atom is 0.133 e. The van der Waals surface area contributed by atoms with Crippen molar-refractivity contribution in [3.05, 3.63) is 0 Å². The minimum Gasteiger partial charge on any atom is -0.392 e. The van der Waals surface area contributed by atoms with E-state index in [1.165, 1.54) is 25.7 Å². The average molecular weight is 392 g/mol. The monoisotopic (exact) mass is 391 g/mol. The fourth-order valence-corrected chi connectivity index (χ4v) is 3.55. The molecule has 0 aromatic carbocycles. The molecule has 4 unspecified atom stereocenters. The van der Waals surface area contributed by atoms with E-state index >= 15 is 0 Å². The number of aliphatic hydroxyl groups excluding tert-OH is 1. The summed E-state index contributed by atoms with van der Waals surface area (Å²) in [5.74, 6) is 1.07. The molecular formula is C20H41NO2S2. The maximum absolute atomic E-state index is 9.72. The van der Waals surface area contributed by atoms with Crippen molar-refractivity contribution in [3.8, 4) is 0 Å². The Balaban J connectivity index is 4.82. The van der Waals surface area contributed by atoms with Crippen LogP contribution in [0.2, 0.25) is 0 Å². The summed E-state index contributed by atoms with van der Waals surface area (Å²) in [5, 5.41) is 9.72. The molecule has 0 aliphatic carbocycles. The molecule has 25 heavy (non-hydrogen) atoms. The summed E-state index contributed by atoms with van der Waals surface area (Å²) in [6.07, 6.45) is 8.06. The lowest BCUT2D eigenvalue weighted by Crippen LogP contribution is -2.41. The first-order valence-corrected chi connectivity index (χ1v) is 11.0. The molecule has 0 aromatic rings. The van der Waals surface area contributed by atoms with Crippen molar-refractivity contribution in [2.45, 2.75) is 91.8 Å². The molecule has 0 heterocycles. The molecule has 0 saturated heterocycles. The van der Waals surface area contributed by atoms with Crippen LogP contribution in [0.25, 0.3) is 0 Å². The average Bonchev–Trinajstić information content (AvgIpc) is 2.57. The zero-order chi connectivity index (χ0) is 19.2. The van der Waals surface area contributed by atoms with Gasteiger partial charge in [0.05, 0.1) is 12.2 Å². The quantitative estimate of drug-likeness (QED) is 0.293. The molecule has 3 nitrogen and oxygen atoms in total. The lowest BCUT2D eigenvalue weighted by atomic mass is 9.94. The van der Waals surface area contributed by atoms with Crippen LogP contribution in [0, 0.1) is 11.8 Å². The summed E-state index contributed by atoms with van der Waals surface area (Å²) in [5.41, 5.74) is 0. The van der Waals surface area contributed by atoms with Gasteiger partial charge in [-0.05, 0) is 32.1 Å². The van der Waals surface area contributed by atoms with Gasteiger partial charge in [-0.15, -0.1) is 12.6 Å². The van der Waals surface area contributed by atoms with Crippen LogP contribution in [0.5, 0.6) is 0 Å². The van der Waals surface area contributed by atoms with Gasteiger partial charge >= 0.3 is 0 Å². The second-order valence-electron chi connectivity index (χ2n) is 7.28. The van der Waals surface area contributed by atoms with E-state index in [0.717, 1.165) is 32.4 Å². The van der Waals surface area contributed by atoms with Gasteiger partial charge in [-0.25, -0.2) is 0 Å². The van der Waals surface area contributed by atoms with Crippen molar-refractivity contribution in [1.29, 1.82) is 0 Å². The molecule has 4 atom stereocenters. The first-order valence-electron chi connectivity index (χ1n) is 10.2. The van der Waals surface area contributed by atoms with Crippen LogP contribution in [-0.2, 0) is 4.74 Å². The zero-order valence-corrected chi connectivity index (χ0v) is 18.7. The maximum atomic E-state index is 9.72. The number of aliphatic hydroxyl groups is 1. The largest absolute Gasteiger partial charge is 0.392 e. The third-order valence-corrected chi connectivity index (χ3v) is 5.46. The summed E-state index contributed by atoms with van der Waals surface area (Å²) in [7, 11) is 0. The Morgan fingerprint density at radius 2 is 1.76 bits per heavy atom. The van der Waals surface area contributed by atoms with Crippen molar-refractivity contribution in [1.82, 2.24) is 4.90 Å². The Morgan fingerprint density at radius 3 is 2.20 bits per heavy atom. The second kappa shape index (κ2) is 15.2. The molecular weight excluding hydrogens is 350 g/mol. The highest BCUT2D eigenvalue weighted by Gasteiger charge is 2.24. The van der Waals surface area contributed by atoms with Crippen molar-refractivity contribution >= 4 is 29.2 Å². The van der Waals surface area contributed by atoms with Crippen molar-refractivity contribution < 1.29 is 9.84 Å². The van der Waals surface area contributed by atoms with Gasteiger partial charge in [0, 0.05) is 25.6 Å². The van der Waals surface area contributed by atoms with Gasteiger partial charge in [0.25, 0.3) is 0 Å². The highest BCUT2D eigenvalue weighted by atomic mass is 32.1. The number of hydrogen-bond acceptors (Lipinski definition) is 3. The van der Waals surface area contributed by atoms with E-state index in [2.05, 4.69) is 40.3 Å². The molecule has 0 spiro atoms. The van der Waals surface area contributed by atoms with E-state index in [-0.39, 0.29) is 6.10 Å². The van der Waals surface area contributed by atoms with E-state index in [1.807, 2.05) is 4.90 Å². The van der Waals surface area contributed by atoms with Gasteiger partial charge in [-0.2, -0.15) is 0 Å². The van der Waals surface area contributed by atoms with Gasteiger partial charge < -0.3 is 14.7 Å². The lowest BCUT2D eigenvalue weighted by Gasteiger charge is -2.33. The SMILES string of the molecule is CCCCC(CC)COC(CCC)C(CC)CN(CC(C)O)C(=S)S. The summed E-state index contributed by atoms with van der Waals surface area (Å²) in [6, 6.07) is 0. The van der Waals surface area contributed by atoms with Crippen molar-refractivity contribution in [2.24, 2.45) is 11.8 Å². The molecule has 0 radical (unpaired) electrons. The lowest BCUT2D eigenvalue weighted by molar-refractivity contribution is -0.0213. The predicted octanol–water partition coefficient (Wildman–Crippen LogP) is 5.31. The van der Waals surface area contributed by atoms with E-state index in [4.69, 9.17) is 17.0 Å². The third-order valence-electron chi connectivity index (χ3n) is 4.92. The molecule has 150 valence electrons. The van der Waals surface area contributed by atoms with Crippen LogP contribution in [0.4, 0.5) is 0 Å². The van der Waals surface area contributed by atoms with Crippen LogP contribution in [0.3, 0.4) is 0 Å². The van der Waals surface area contributed by atoms with Gasteiger partial charge in [-0.3, -0.25) is 0 Å². The van der Waals surface area contributed by atoms with Gasteiger partial charge in [-0.1, -0.05) is 65.6 Å². The minimum atomic E-state index is -0.410. The first-order chi connectivity index (χ1) is 11.9. The molecule has 0 bridgehead atoms. The van der Waals surface area contributed by atoms with Crippen LogP contribution >= 0.6 is 24.8 Å². The molecule has 0 aliphatic heterocycles. The molecule has 0 aliphatic rings. The highest BCUT2D eigenvalue weighted by Crippen LogP contribution is 2.22. The third kappa shape index (κ3) is 11.5. The van der Waals surface area contributed by atoms with Crippen LogP contribution in [0.15, 0.2) is 0 Å². The van der Waals surface area contributed by atoms with Gasteiger partial charge in [0.1, 0.15) is 4.32 Å². The number of thiocarbonyl (C=S) groups is 1. The van der Waals surface area contributed by atoms with Crippen LogP contribution in [-0.4, -0.2) is 46.2 Å². The summed E-state index contributed by atoms with van der Waals surface area (Å²) < 4.78 is 6.97. The minimum absolute atomic E-state index is 0.254. The molecule has 1 N–H and O–H groups in total. The zero-order valence-electron chi connectivity index (χ0n) is 17.0. The molecule has 0 aromatic heterocycles. The van der Waals surface area contributed by atoms with Crippen LogP contribution < -0.4 is 0 Å². The molecule has 0 rings (SSSR count).